The largest absolute Gasteiger partial charge is 0.444 e. The monoisotopic (exact) mass is 591 g/mol. The number of nitrogens with one attached hydrogen (secondary N) is 4. The molecule has 4 unspecified atom stereocenters. The molecule has 4 aliphatic rings. The second kappa shape index (κ2) is 11.2. The summed E-state index contributed by atoms with van der Waals surface area (Å²) in [5.74, 6) is -0.611. The summed E-state index contributed by atoms with van der Waals surface area (Å²) in [7, 11) is 0. The fourth-order valence-electron chi connectivity index (χ4n) is 6.91. The molecule has 13 heteroatoms. The SMILES string of the molecule is CC(C)(C)OC(=O)N1CCC(CC#N)(N2NC(Nc3ccc(C4(C(F)(F)F)CCNC4)cc3)C3C(=O)NCCC32)CC1. The number of nitrogens with zero attached hydrogens (tertiary/aromatic N) is 3. The van der Waals surface area contributed by atoms with E-state index in [4.69, 9.17) is 4.74 Å². The number of carbonyl (C=O) groups is 2. The molecule has 0 aliphatic carbocycles. The lowest BCUT2D eigenvalue weighted by molar-refractivity contribution is -0.185. The van der Waals surface area contributed by atoms with Crippen molar-refractivity contribution in [2.45, 2.75) is 87.8 Å². The first-order valence-corrected chi connectivity index (χ1v) is 14.6. The quantitative estimate of drug-likeness (QED) is 0.412. The van der Waals surface area contributed by atoms with Crippen LogP contribution < -0.4 is 21.4 Å². The van der Waals surface area contributed by atoms with Crippen molar-refractivity contribution in [1.82, 2.24) is 26.0 Å². The molecule has 0 radical (unpaired) electrons. The van der Waals surface area contributed by atoms with E-state index in [2.05, 4.69) is 32.5 Å². The summed E-state index contributed by atoms with van der Waals surface area (Å²) < 4.78 is 47.7. The molecule has 1 aromatic carbocycles. The molecular weight excluding hydrogens is 551 g/mol. The molecule has 0 spiro atoms. The maximum absolute atomic E-state index is 14.1. The average Bonchev–Trinajstić information content (AvgIpc) is 3.56. The zero-order valence-corrected chi connectivity index (χ0v) is 24.3. The number of hydrogen-bond donors (Lipinski definition) is 4. The van der Waals surface area contributed by atoms with Crippen LogP contribution in [0.1, 0.15) is 58.4 Å². The van der Waals surface area contributed by atoms with Crippen molar-refractivity contribution in [2.24, 2.45) is 5.92 Å². The van der Waals surface area contributed by atoms with Gasteiger partial charge in [0.05, 0.1) is 23.9 Å². The number of piperidine rings is 2. The van der Waals surface area contributed by atoms with E-state index in [9.17, 15) is 28.0 Å². The lowest BCUT2D eigenvalue weighted by atomic mass is 9.79. The fourth-order valence-corrected chi connectivity index (χ4v) is 6.91. The summed E-state index contributed by atoms with van der Waals surface area (Å²) in [6.07, 6.45) is -3.39. The predicted molar refractivity (Wildman–Crippen MR) is 149 cm³/mol. The van der Waals surface area contributed by atoms with Gasteiger partial charge in [-0.2, -0.15) is 18.4 Å². The Hall–Kier alpha value is -3.08. The highest BCUT2D eigenvalue weighted by Gasteiger charge is 2.57. The Bertz CT molecular complexity index is 1200. The molecule has 0 saturated carbocycles. The minimum absolute atomic E-state index is 0.0152. The molecule has 4 saturated heterocycles. The Morgan fingerprint density at radius 3 is 2.40 bits per heavy atom. The van der Waals surface area contributed by atoms with E-state index >= 15 is 0 Å². The van der Waals surface area contributed by atoms with Crippen molar-refractivity contribution in [3.63, 3.8) is 0 Å². The highest BCUT2D eigenvalue weighted by atomic mass is 19.4. The van der Waals surface area contributed by atoms with E-state index < -0.39 is 34.8 Å². The van der Waals surface area contributed by atoms with E-state index in [0.717, 1.165) is 0 Å². The first kappa shape index (κ1) is 30.4. The lowest BCUT2D eigenvalue weighted by Gasteiger charge is -2.48. The summed E-state index contributed by atoms with van der Waals surface area (Å²) in [6.45, 7) is 6.92. The molecule has 0 bridgehead atoms. The van der Waals surface area contributed by atoms with Gasteiger partial charge in [0.1, 0.15) is 17.2 Å². The van der Waals surface area contributed by atoms with Gasteiger partial charge in [-0.1, -0.05) is 12.1 Å². The van der Waals surface area contributed by atoms with E-state index in [-0.39, 0.29) is 43.0 Å². The molecular formula is C29H40F3N7O3. The normalized spacial score (nSPS) is 29.9. The van der Waals surface area contributed by atoms with Crippen LogP contribution in [0.25, 0.3) is 0 Å². The van der Waals surface area contributed by atoms with Gasteiger partial charge in [0.25, 0.3) is 0 Å². The number of halogens is 3. The Balaban J connectivity index is 1.34. The number of amides is 2. The van der Waals surface area contributed by atoms with Gasteiger partial charge in [0.15, 0.2) is 0 Å². The number of likely N-dealkylation sites (tertiary alicyclic amines) is 1. The van der Waals surface area contributed by atoms with Gasteiger partial charge in [-0.3, -0.25) is 4.79 Å². The molecule has 4 fully saturated rings. The van der Waals surface area contributed by atoms with Crippen LogP contribution in [0.3, 0.4) is 0 Å². The minimum atomic E-state index is -4.37. The van der Waals surface area contributed by atoms with Crippen LogP contribution in [0.15, 0.2) is 24.3 Å². The standard InChI is InChI=1S/C29H40F3N7O3/c1-26(2,3)42-25(41)38-16-11-27(9-13-33,12-17-38)39-21-8-14-35-24(40)22(21)23(37-39)36-20-6-4-19(5-7-20)28(29(30,31)32)10-15-34-18-28/h4-7,21-23,34,36-37H,8-12,14-18H2,1-3H3,(H,35,40). The van der Waals surface area contributed by atoms with Gasteiger partial charge >= 0.3 is 12.3 Å². The number of anilines is 1. The molecule has 0 aromatic heterocycles. The third kappa shape index (κ3) is 5.64. The number of ether oxygens (including phenoxy) is 1. The Morgan fingerprint density at radius 1 is 1.14 bits per heavy atom. The van der Waals surface area contributed by atoms with Crippen molar-refractivity contribution in [2.75, 3.05) is 38.0 Å². The Kier molecular flexibility index (Phi) is 8.10. The third-order valence-electron chi connectivity index (χ3n) is 9.15. The van der Waals surface area contributed by atoms with Crippen LogP contribution in [0, 0.1) is 17.2 Å². The summed E-state index contributed by atoms with van der Waals surface area (Å²) in [5.41, 5.74) is 1.14. The first-order chi connectivity index (χ1) is 19.8. The highest BCUT2D eigenvalue weighted by molar-refractivity contribution is 5.82. The number of carbonyl (C=O) groups excluding carboxylic acids is 2. The predicted octanol–water partition coefficient (Wildman–Crippen LogP) is 3.23. The van der Waals surface area contributed by atoms with Crippen LogP contribution >= 0.6 is 0 Å². The van der Waals surface area contributed by atoms with Crippen LogP contribution in [0.4, 0.5) is 23.7 Å². The smallest absolute Gasteiger partial charge is 0.410 e. The number of fused-ring (bicyclic) bond motifs is 1. The number of benzene rings is 1. The molecule has 4 N–H and O–H groups in total. The molecule has 2 amide bonds. The fraction of sp³-hybridized carbons (Fsp3) is 0.690. The molecule has 4 heterocycles. The van der Waals surface area contributed by atoms with E-state index in [1.54, 1.807) is 17.0 Å². The summed E-state index contributed by atoms with van der Waals surface area (Å²) >= 11 is 0. The van der Waals surface area contributed by atoms with Gasteiger partial charge in [0, 0.05) is 37.9 Å². The number of hydrazine groups is 1. The molecule has 230 valence electrons. The molecule has 42 heavy (non-hydrogen) atoms. The average molecular weight is 592 g/mol. The van der Waals surface area contributed by atoms with E-state index in [1.807, 2.05) is 20.8 Å². The van der Waals surface area contributed by atoms with Gasteiger partial charge in [-0.05, 0) is 70.7 Å². The van der Waals surface area contributed by atoms with Crippen molar-refractivity contribution < 1.29 is 27.5 Å². The zero-order valence-electron chi connectivity index (χ0n) is 24.3. The lowest BCUT2D eigenvalue weighted by Crippen LogP contribution is -2.62. The van der Waals surface area contributed by atoms with Gasteiger partial charge in [-0.15, -0.1) is 0 Å². The molecule has 4 aliphatic heterocycles. The molecule has 5 rings (SSSR count). The highest BCUT2D eigenvalue weighted by Crippen LogP contribution is 2.46. The van der Waals surface area contributed by atoms with Crippen LogP contribution in [0.5, 0.6) is 0 Å². The summed E-state index contributed by atoms with van der Waals surface area (Å²) in [4.78, 5) is 27.5. The third-order valence-corrected chi connectivity index (χ3v) is 9.15. The number of nitriles is 1. The van der Waals surface area contributed by atoms with Crippen LogP contribution in [-0.4, -0.2) is 84.2 Å². The van der Waals surface area contributed by atoms with Crippen molar-refractivity contribution in [3.05, 3.63) is 29.8 Å². The van der Waals surface area contributed by atoms with E-state index in [1.165, 1.54) is 12.1 Å². The van der Waals surface area contributed by atoms with Crippen LogP contribution in [-0.2, 0) is 14.9 Å². The maximum Gasteiger partial charge on any atom is 0.410 e. The van der Waals surface area contributed by atoms with Gasteiger partial charge < -0.3 is 25.6 Å². The number of rotatable bonds is 5. The van der Waals surface area contributed by atoms with Crippen molar-refractivity contribution in [3.8, 4) is 6.07 Å². The Morgan fingerprint density at radius 2 is 1.83 bits per heavy atom. The maximum atomic E-state index is 14.1. The molecule has 4 atom stereocenters. The zero-order chi connectivity index (χ0) is 30.3. The van der Waals surface area contributed by atoms with Gasteiger partial charge in [0.2, 0.25) is 5.91 Å². The van der Waals surface area contributed by atoms with E-state index in [0.29, 0.717) is 51.1 Å². The van der Waals surface area contributed by atoms with Gasteiger partial charge in [-0.25, -0.2) is 15.2 Å². The topological polar surface area (TPSA) is 122 Å². The summed E-state index contributed by atoms with van der Waals surface area (Å²) in [5, 5.41) is 21.0. The first-order valence-electron chi connectivity index (χ1n) is 14.6. The number of hydrogen-bond acceptors (Lipinski definition) is 8. The molecule has 1 aromatic rings. The second-order valence-corrected chi connectivity index (χ2v) is 12.9. The van der Waals surface area contributed by atoms with Crippen molar-refractivity contribution in [1.29, 1.82) is 5.26 Å². The van der Waals surface area contributed by atoms with Crippen molar-refractivity contribution >= 4 is 17.7 Å². The second-order valence-electron chi connectivity index (χ2n) is 12.9. The van der Waals surface area contributed by atoms with Crippen LogP contribution in [0.2, 0.25) is 0 Å². The minimum Gasteiger partial charge on any atom is -0.444 e. The Labute approximate surface area is 244 Å². The summed E-state index contributed by atoms with van der Waals surface area (Å²) in [6, 6.07) is 8.41. The molecule has 10 nitrogen and oxygen atoms in total. The number of alkyl halides is 3.